The molecule has 0 spiro atoms. The largest absolute Gasteiger partial charge is 0.497 e. The van der Waals surface area contributed by atoms with Crippen molar-refractivity contribution in [1.82, 2.24) is 19.7 Å². The number of aryl methyl sites for hydroxylation is 1. The third kappa shape index (κ3) is 4.52. The lowest BCUT2D eigenvalue weighted by Crippen LogP contribution is -2.15. The molecule has 5 rings (SSSR count). The van der Waals surface area contributed by atoms with Crippen LogP contribution in [0.2, 0.25) is 0 Å². The van der Waals surface area contributed by atoms with Crippen molar-refractivity contribution >= 4 is 34.3 Å². The number of nitrogens with one attached hydrogen (secondary N) is 2. The molecule has 176 valence electrons. The van der Waals surface area contributed by atoms with E-state index in [2.05, 4.69) is 26.6 Å². The predicted molar refractivity (Wildman–Crippen MR) is 140 cm³/mol. The highest BCUT2D eigenvalue weighted by atomic mass is 32.2. The number of fused-ring (bicyclic) bond motifs is 1. The summed E-state index contributed by atoms with van der Waals surface area (Å²) in [6, 6.07) is 21.7. The number of carbonyl (C=O) groups excluding carboxylic acids is 1. The molecule has 2 aromatic heterocycles. The van der Waals surface area contributed by atoms with E-state index in [1.165, 1.54) is 11.8 Å². The first kappa shape index (κ1) is 22.7. The van der Waals surface area contributed by atoms with Gasteiger partial charge >= 0.3 is 0 Å². The Morgan fingerprint density at radius 1 is 1.03 bits per heavy atom. The maximum absolute atomic E-state index is 12.8. The highest BCUT2D eigenvalue weighted by Gasteiger charge is 2.20. The fourth-order valence-electron chi connectivity index (χ4n) is 3.96. The molecular formula is C27H25N5O2S. The van der Waals surface area contributed by atoms with E-state index in [-0.39, 0.29) is 11.7 Å². The van der Waals surface area contributed by atoms with Crippen LogP contribution in [0.1, 0.15) is 11.1 Å². The van der Waals surface area contributed by atoms with Crippen LogP contribution in [0, 0.1) is 13.8 Å². The van der Waals surface area contributed by atoms with Gasteiger partial charge in [-0.2, -0.15) is 0 Å². The van der Waals surface area contributed by atoms with E-state index in [9.17, 15) is 4.79 Å². The van der Waals surface area contributed by atoms with Gasteiger partial charge in [-0.25, -0.2) is 0 Å². The Labute approximate surface area is 207 Å². The van der Waals surface area contributed by atoms with Gasteiger partial charge in [0.05, 0.1) is 12.9 Å². The van der Waals surface area contributed by atoms with Gasteiger partial charge in [-0.15, -0.1) is 10.2 Å². The monoisotopic (exact) mass is 483 g/mol. The van der Waals surface area contributed by atoms with E-state index in [4.69, 9.17) is 4.74 Å². The number of rotatable bonds is 7. The van der Waals surface area contributed by atoms with Gasteiger partial charge < -0.3 is 15.0 Å². The van der Waals surface area contributed by atoms with Crippen LogP contribution in [-0.2, 0) is 4.79 Å². The number of carbonyl (C=O) groups is 1. The second-order valence-electron chi connectivity index (χ2n) is 8.17. The SMILES string of the molecule is COc1ccc(-n2c(SCC(=O)Nc3cccc(C)c3C)nnc2-c2c[nH]c3ccccc23)cc1. The molecule has 7 nitrogen and oxygen atoms in total. The summed E-state index contributed by atoms with van der Waals surface area (Å²) in [4.78, 5) is 16.1. The number of benzene rings is 3. The maximum atomic E-state index is 12.8. The van der Waals surface area contributed by atoms with Gasteiger partial charge in [0.1, 0.15) is 5.75 Å². The minimum atomic E-state index is -0.0957. The van der Waals surface area contributed by atoms with Crippen molar-refractivity contribution in [3.05, 3.63) is 84.1 Å². The first-order valence-corrected chi connectivity index (χ1v) is 12.2. The minimum Gasteiger partial charge on any atom is -0.497 e. The maximum Gasteiger partial charge on any atom is 0.234 e. The minimum absolute atomic E-state index is 0.0957. The summed E-state index contributed by atoms with van der Waals surface area (Å²) in [6.45, 7) is 4.04. The Kier molecular flexibility index (Phi) is 6.29. The molecule has 0 aliphatic heterocycles. The first-order valence-electron chi connectivity index (χ1n) is 11.2. The summed E-state index contributed by atoms with van der Waals surface area (Å²) in [5.41, 5.74) is 5.87. The van der Waals surface area contributed by atoms with Crippen LogP contribution in [0.15, 0.2) is 78.1 Å². The molecular weight excluding hydrogens is 458 g/mol. The topological polar surface area (TPSA) is 84.8 Å². The summed E-state index contributed by atoms with van der Waals surface area (Å²) < 4.78 is 7.30. The van der Waals surface area contributed by atoms with E-state index in [0.717, 1.165) is 44.7 Å². The molecule has 0 fully saturated rings. The number of ether oxygens (including phenoxy) is 1. The number of aromatic nitrogens is 4. The summed E-state index contributed by atoms with van der Waals surface area (Å²) in [7, 11) is 1.64. The number of amides is 1. The third-order valence-corrected chi connectivity index (χ3v) is 6.93. The summed E-state index contributed by atoms with van der Waals surface area (Å²) in [5, 5.41) is 13.7. The van der Waals surface area contributed by atoms with Crippen LogP contribution in [0.25, 0.3) is 28.0 Å². The number of H-pyrrole nitrogens is 1. The molecule has 0 radical (unpaired) electrons. The van der Waals surface area contributed by atoms with Gasteiger partial charge in [0.2, 0.25) is 5.91 Å². The van der Waals surface area contributed by atoms with Gasteiger partial charge in [-0.05, 0) is 61.4 Å². The quantitative estimate of drug-likeness (QED) is 0.287. The molecule has 35 heavy (non-hydrogen) atoms. The van der Waals surface area contributed by atoms with Gasteiger partial charge in [0.25, 0.3) is 0 Å². The molecule has 8 heteroatoms. The molecule has 0 aliphatic carbocycles. The van der Waals surface area contributed by atoms with Crippen LogP contribution in [0.4, 0.5) is 5.69 Å². The Morgan fingerprint density at radius 3 is 2.63 bits per heavy atom. The second kappa shape index (κ2) is 9.68. The lowest BCUT2D eigenvalue weighted by Gasteiger charge is -2.12. The van der Waals surface area contributed by atoms with Crippen LogP contribution in [0.3, 0.4) is 0 Å². The zero-order valence-electron chi connectivity index (χ0n) is 19.7. The van der Waals surface area contributed by atoms with E-state index >= 15 is 0 Å². The average Bonchev–Trinajstić information content (AvgIpc) is 3.49. The molecule has 0 atom stereocenters. The Balaban J connectivity index is 1.47. The number of hydrogen-bond acceptors (Lipinski definition) is 5. The molecule has 0 unspecified atom stereocenters. The van der Waals surface area contributed by atoms with Crippen molar-refractivity contribution in [2.45, 2.75) is 19.0 Å². The lowest BCUT2D eigenvalue weighted by atomic mass is 10.1. The highest BCUT2D eigenvalue weighted by molar-refractivity contribution is 7.99. The molecule has 2 N–H and O–H groups in total. The normalized spacial score (nSPS) is 11.1. The molecule has 0 saturated carbocycles. The molecule has 0 aliphatic rings. The van der Waals surface area contributed by atoms with E-state index in [1.807, 2.05) is 85.3 Å². The number of hydrogen-bond donors (Lipinski definition) is 2. The Morgan fingerprint density at radius 2 is 1.83 bits per heavy atom. The molecule has 5 aromatic rings. The predicted octanol–water partition coefficient (Wildman–Crippen LogP) is 5.77. The van der Waals surface area contributed by atoms with E-state index < -0.39 is 0 Å². The Bertz CT molecular complexity index is 1500. The van der Waals surface area contributed by atoms with E-state index in [0.29, 0.717) is 11.0 Å². The molecule has 2 heterocycles. The van der Waals surface area contributed by atoms with Crippen molar-refractivity contribution in [1.29, 1.82) is 0 Å². The lowest BCUT2D eigenvalue weighted by molar-refractivity contribution is -0.113. The third-order valence-electron chi connectivity index (χ3n) is 6.01. The summed E-state index contributed by atoms with van der Waals surface area (Å²) in [5.74, 6) is 1.57. The van der Waals surface area contributed by atoms with Gasteiger partial charge in [-0.1, -0.05) is 42.1 Å². The van der Waals surface area contributed by atoms with Crippen LogP contribution >= 0.6 is 11.8 Å². The smallest absolute Gasteiger partial charge is 0.234 e. The van der Waals surface area contributed by atoms with Crippen molar-refractivity contribution in [2.24, 2.45) is 0 Å². The molecule has 3 aromatic carbocycles. The zero-order valence-corrected chi connectivity index (χ0v) is 20.5. The van der Waals surface area contributed by atoms with Crippen molar-refractivity contribution in [3.63, 3.8) is 0 Å². The van der Waals surface area contributed by atoms with Crippen LogP contribution < -0.4 is 10.1 Å². The molecule has 0 bridgehead atoms. The van der Waals surface area contributed by atoms with Crippen molar-refractivity contribution in [3.8, 4) is 22.8 Å². The highest BCUT2D eigenvalue weighted by Crippen LogP contribution is 2.33. The molecule has 0 saturated heterocycles. The fraction of sp³-hybridized carbons (Fsp3) is 0.148. The standard InChI is InChI=1S/C27H25N5O2S/c1-17-7-6-10-23(18(17)2)29-25(33)16-35-27-31-30-26(22-15-28-24-9-5-4-8-21(22)24)32(27)19-11-13-20(34-3)14-12-19/h4-15,28H,16H2,1-3H3,(H,29,33). The average molecular weight is 484 g/mol. The second-order valence-corrected chi connectivity index (χ2v) is 9.11. The van der Waals surface area contributed by atoms with E-state index in [1.54, 1.807) is 7.11 Å². The van der Waals surface area contributed by atoms with Gasteiger partial charge in [0, 0.05) is 34.0 Å². The fourth-order valence-corrected chi connectivity index (χ4v) is 4.71. The van der Waals surface area contributed by atoms with Crippen molar-refractivity contribution < 1.29 is 9.53 Å². The number of aromatic amines is 1. The number of anilines is 1. The number of nitrogens with zero attached hydrogens (tertiary/aromatic N) is 3. The van der Waals surface area contributed by atoms with Crippen LogP contribution in [-0.4, -0.2) is 38.5 Å². The van der Waals surface area contributed by atoms with Crippen LogP contribution in [0.5, 0.6) is 5.75 Å². The number of thioether (sulfide) groups is 1. The van der Waals surface area contributed by atoms with Crippen molar-refractivity contribution in [2.75, 3.05) is 18.2 Å². The first-order chi connectivity index (χ1) is 17.0. The summed E-state index contributed by atoms with van der Waals surface area (Å²) in [6.07, 6.45) is 1.94. The zero-order chi connectivity index (χ0) is 24.4. The summed E-state index contributed by atoms with van der Waals surface area (Å²) >= 11 is 1.35. The Hall–Kier alpha value is -4.04. The number of methoxy groups -OCH3 is 1. The van der Waals surface area contributed by atoms with Gasteiger partial charge in [-0.3, -0.25) is 9.36 Å². The molecule has 1 amide bonds. The number of para-hydroxylation sites is 1. The van der Waals surface area contributed by atoms with Gasteiger partial charge in [0.15, 0.2) is 11.0 Å².